The predicted octanol–water partition coefficient (Wildman–Crippen LogP) is 7.09. The van der Waals surface area contributed by atoms with Crippen molar-refractivity contribution in [3.8, 4) is 5.75 Å². The van der Waals surface area contributed by atoms with Crippen molar-refractivity contribution >= 4 is 39.8 Å². The molecule has 0 fully saturated rings. The number of anilines is 3. The molecule has 0 unspecified atom stereocenters. The summed E-state index contributed by atoms with van der Waals surface area (Å²) in [6.45, 7) is 1.98. The van der Waals surface area contributed by atoms with Gasteiger partial charge in [0.05, 0.1) is 11.4 Å². The fourth-order valence-corrected chi connectivity index (χ4v) is 4.18. The number of allylic oxidation sites excluding steroid dienone is 1. The van der Waals surface area contributed by atoms with E-state index in [0.29, 0.717) is 41.7 Å². The molecule has 4 aromatic carbocycles. The van der Waals surface area contributed by atoms with E-state index in [1.807, 2.05) is 55.5 Å². The van der Waals surface area contributed by atoms with Crippen LogP contribution in [0, 0.1) is 6.92 Å². The minimum Gasteiger partial charge on any atom is -0.507 e. The van der Waals surface area contributed by atoms with Crippen molar-refractivity contribution in [2.75, 3.05) is 16.4 Å². The zero-order valence-electron chi connectivity index (χ0n) is 21.2. The number of phenols is 1. The van der Waals surface area contributed by atoms with E-state index in [1.54, 1.807) is 42.5 Å². The third-order valence-electron chi connectivity index (χ3n) is 6.15. The van der Waals surface area contributed by atoms with Crippen molar-refractivity contribution in [1.29, 1.82) is 0 Å². The van der Waals surface area contributed by atoms with Crippen LogP contribution in [0.3, 0.4) is 0 Å². The lowest BCUT2D eigenvalue weighted by Crippen LogP contribution is -2.18. The number of nitrogens with two attached hydrogens (primary N) is 1. The molecule has 0 aliphatic heterocycles. The van der Waals surface area contributed by atoms with Gasteiger partial charge >= 0.3 is 6.09 Å². The Hall–Kier alpha value is -4.78. The van der Waals surface area contributed by atoms with Gasteiger partial charge in [0.1, 0.15) is 11.9 Å². The van der Waals surface area contributed by atoms with Crippen molar-refractivity contribution in [2.24, 2.45) is 0 Å². The van der Waals surface area contributed by atoms with Gasteiger partial charge in [-0.15, -0.1) is 0 Å². The van der Waals surface area contributed by atoms with Crippen LogP contribution in [0.15, 0.2) is 97.1 Å². The van der Waals surface area contributed by atoms with Gasteiger partial charge in [-0.3, -0.25) is 10.1 Å². The molecule has 4 aromatic rings. The average Bonchev–Trinajstić information content (AvgIpc) is 2.91. The number of fused-ring (bicyclic) bond motifs is 1. The van der Waals surface area contributed by atoms with E-state index in [-0.39, 0.29) is 11.7 Å². The number of aryl methyl sites for hydroxylation is 1. The van der Waals surface area contributed by atoms with Gasteiger partial charge in [0.2, 0.25) is 5.91 Å². The summed E-state index contributed by atoms with van der Waals surface area (Å²) in [7, 11) is 0. The van der Waals surface area contributed by atoms with Crippen LogP contribution in [0.4, 0.5) is 21.9 Å². The van der Waals surface area contributed by atoms with Gasteiger partial charge in [-0.1, -0.05) is 66.2 Å². The molecule has 7 nitrogen and oxygen atoms in total. The van der Waals surface area contributed by atoms with Gasteiger partial charge in [0.25, 0.3) is 0 Å². The quantitative estimate of drug-likeness (QED) is 0.109. The van der Waals surface area contributed by atoms with E-state index in [2.05, 4.69) is 10.6 Å². The highest BCUT2D eigenvalue weighted by Crippen LogP contribution is 2.35. The van der Waals surface area contributed by atoms with E-state index in [0.717, 1.165) is 16.5 Å². The average molecular weight is 510 g/mol. The maximum absolute atomic E-state index is 12.8. The molecule has 0 heterocycles. The first-order valence-electron chi connectivity index (χ1n) is 12.5. The second-order valence-electron chi connectivity index (χ2n) is 9.01. The molecule has 0 spiro atoms. The normalized spacial score (nSPS) is 11.8. The largest absolute Gasteiger partial charge is 0.507 e. The summed E-state index contributed by atoms with van der Waals surface area (Å²) < 4.78 is 5.89. The first kappa shape index (κ1) is 26.3. The molecule has 0 aromatic heterocycles. The van der Waals surface area contributed by atoms with Crippen molar-refractivity contribution in [3.63, 3.8) is 0 Å². The molecule has 0 aliphatic carbocycles. The molecule has 0 saturated heterocycles. The number of unbranched alkanes of at least 4 members (excludes halogenated alkanes) is 1. The van der Waals surface area contributed by atoms with Crippen molar-refractivity contribution in [1.82, 2.24) is 0 Å². The summed E-state index contributed by atoms with van der Waals surface area (Å²) in [4.78, 5) is 25.1. The van der Waals surface area contributed by atoms with Crippen LogP contribution in [-0.2, 0) is 9.53 Å². The molecule has 5 N–H and O–H groups in total. The number of carbonyl (C=O) groups excluding carboxylic acids is 2. The van der Waals surface area contributed by atoms with E-state index in [4.69, 9.17) is 10.5 Å². The topological polar surface area (TPSA) is 114 Å². The highest BCUT2D eigenvalue weighted by molar-refractivity contribution is 6.01. The van der Waals surface area contributed by atoms with Crippen molar-refractivity contribution in [3.05, 3.63) is 108 Å². The van der Waals surface area contributed by atoms with Gasteiger partial charge in [-0.25, -0.2) is 4.79 Å². The number of hydrogen-bond acceptors (Lipinski definition) is 5. The molecule has 194 valence electrons. The Morgan fingerprint density at radius 3 is 2.39 bits per heavy atom. The number of nitrogens with one attached hydrogen (secondary N) is 2. The monoisotopic (exact) mass is 509 g/mol. The molecule has 7 heteroatoms. The Kier molecular flexibility index (Phi) is 8.61. The van der Waals surface area contributed by atoms with Crippen molar-refractivity contribution < 1.29 is 19.4 Å². The van der Waals surface area contributed by atoms with E-state index in [9.17, 15) is 14.7 Å². The first-order valence-corrected chi connectivity index (χ1v) is 12.5. The van der Waals surface area contributed by atoms with Gasteiger partial charge in [-0.05, 0) is 68.0 Å². The SMILES string of the molecule is Cc1ccc(NC(=O)O[C@H](CCC/C=C/C(=O)Nc2ccccc2N)c2ccc(O)c3ccccc23)cc1. The smallest absolute Gasteiger partial charge is 0.412 e. The minimum atomic E-state index is -0.564. The fourth-order valence-electron chi connectivity index (χ4n) is 4.18. The number of rotatable bonds is 9. The lowest BCUT2D eigenvalue weighted by Gasteiger charge is -2.21. The Labute approximate surface area is 221 Å². The van der Waals surface area contributed by atoms with Crippen LogP contribution >= 0.6 is 0 Å². The number of nitrogen functional groups attached to an aromatic ring is 1. The number of benzene rings is 4. The molecule has 1 atom stereocenters. The Balaban J connectivity index is 1.44. The third kappa shape index (κ3) is 6.91. The lowest BCUT2D eigenvalue weighted by molar-refractivity contribution is -0.111. The van der Waals surface area contributed by atoms with Gasteiger partial charge < -0.3 is 20.9 Å². The number of carbonyl (C=O) groups is 2. The summed E-state index contributed by atoms with van der Waals surface area (Å²) in [6, 6.07) is 25.4. The summed E-state index contributed by atoms with van der Waals surface area (Å²) in [5.74, 6) is -0.0992. The maximum atomic E-state index is 12.8. The van der Waals surface area contributed by atoms with Crippen LogP contribution < -0.4 is 16.4 Å². The predicted molar refractivity (Wildman–Crippen MR) is 152 cm³/mol. The van der Waals surface area contributed by atoms with Gasteiger partial charge in [0, 0.05) is 16.6 Å². The van der Waals surface area contributed by atoms with Crippen LogP contribution in [0.2, 0.25) is 0 Å². The summed E-state index contributed by atoms with van der Waals surface area (Å²) in [5.41, 5.74) is 9.48. The minimum absolute atomic E-state index is 0.167. The molecule has 38 heavy (non-hydrogen) atoms. The number of para-hydroxylation sites is 2. The zero-order valence-corrected chi connectivity index (χ0v) is 21.2. The number of aromatic hydroxyl groups is 1. The molecule has 0 aliphatic rings. The summed E-state index contributed by atoms with van der Waals surface area (Å²) in [6.07, 6.45) is 3.92. The van der Waals surface area contributed by atoms with E-state index in [1.165, 1.54) is 6.08 Å². The zero-order chi connectivity index (χ0) is 26.9. The Morgan fingerprint density at radius 2 is 1.63 bits per heavy atom. The van der Waals surface area contributed by atoms with Crippen LogP contribution in [0.5, 0.6) is 5.75 Å². The first-order chi connectivity index (χ1) is 18.4. The fraction of sp³-hybridized carbons (Fsp3) is 0.161. The molecule has 0 radical (unpaired) electrons. The maximum Gasteiger partial charge on any atom is 0.412 e. The number of amides is 2. The molecular formula is C31H31N3O4. The van der Waals surface area contributed by atoms with Gasteiger partial charge in [0.15, 0.2) is 0 Å². The number of phenolic OH excluding ortho intramolecular Hbond substituents is 1. The highest BCUT2D eigenvalue weighted by Gasteiger charge is 2.20. The third-order valence-corrected chi connectivity index (χ3v) is 6.15. The standard InChI is InChI=1S/C31H31N3O4/c1-21-15-17-22(18-16-21)33-31(37)38-29(25-19-20-28(35)24-10-6-5-9-23(24)25)13-3-2-4-14-30(36)34-27-12-8-7-11-26(27)32/h4-12,14-20,29,35H,2-3,13,32H2,1H3,(H,33,37)(H,34,36)/b14-4+/t29-/m1/s1. The molecule has 0 saturated carbocycles. The number of hydrogen-bond donors (Lipinski definition) is 4. The second-order valence-corrected chi connectivity index (χ2v) is 9.01. The Bertz CT molecular complexity index is 1450. The van der Waals surface area contributed by atoms with Gasteiger partial charge in [-0.2, -0.15) is 0 Å². The summed E-state index contributed by atoms with van der Waals surface area (Å²) in [5, 5.41) is 17.4. The van der Waals surface area contributed by atoms with Crippen molar-refractivity contribution in [2.45, 2.75) is 32.3 Å². The molecule has 2 amide bonds. The van der Waals surface area contributed by atoms with Crippen LogP contribution in [0.25, 0.3) is 10.8 Å². The lowest BCUT2D eigenvalue weighted by atomic mass is 9.96. The van der Waals surface area contributed by atoms with Crippen LogP contribution in [-0.4, -0.2) is 17.1 Å². The Morgan fingerprint density at radius 1 is 0.921 bits per heavy atom. The highest BCUT2D eigenvalue weighted by atomic mass is 16.6. The molecular weight excluding hydrogens is 478 g/mol. The van der Waals surface area contributed by atoms with E-state index >= 15 is 0 Å². The van der Waals surface area contributed by atoms with Crippen LogP contribution in [0.1, 0.15) is 36.5 Å². The molecule has 4 rings (SSSR count). The summed E-state index contributed by atoms with van der Waals surface area (Å²) >= 11 is 0. The second kappa shape index (κ2) is 12.5. The van der Waals surface area contributed by atoms with E-state index < -0.39 is 12.2 Å². The molecule has 0 bridgehead atoms. The number of ether oxygens (including phenoxy) is 1.